The lowest BCUT2D eigenvalue weighted by Crippen LogP contribution is -2.25. The molecule has 44 heavy (non-hydrogen) atoms. The maximum atomic E-state index is 7.02. The number of likely N-dealkylation sites (tertiary alicyclic amines) is 1. The number of nitrogens with one attached hydrogen (secondary N) is 1. The van der Waals surface area contributed by atoms with Gasteiger partial charge in [0.25, 0.3) is 0 Å². The quantitative estimate of drug-likeness (QED) is 0.159. The third-order valence-corrected chi connectivity index (χ3v) is 8.37. The second kappa shape index (κ2) is 13.7. The number of nitrogens with two attached hydrogens (primary N) is 1. The normalized spacial score (nSPS) is 13.2. The zero-order valence-corrected chi connectivity index (χ0v) is 25.6. The number of hydrogen-bond acceptors (Lipinski definition) is 7. The summed E-state index contributed by atoms with van der Waals surface area (Å²) in [5.41, 5.74) is 14.3. The molecule has 0 amide bonds. The van der Waals surface area contributed by atoms with Gasteiger partial charge in [0, 0.05) is 31.6 Å². The molecular formula is C37H41N5O2. The smallest absolute Gasteiger partial charge is 0.155 e. The van der Waals surface area contributed by atoms with Gasteiger partial charge < -0.3 is 25.4 Å². The van der Waals surface area contributed by atoms with Gasteiger partial charge in [-0.2, -0.15) is 0 Å². The van der Waals surface area contributed by atoms with Gasteiger partial charge in [-0.3, -0.25) is 4.90 Å². The lowest BCUT2D eigenvalue weighted by Gasteiger charge is -2.27. The first kappa shape index (κ1) is 29.3. The lowest BCUT2D eigenvalue weighted by atomic mass is 10.1. The summed E-state index contributed by atoms with van der Waals surface area (Å²) in [6, 6.07) is 33.4. The number of nitrogen functional groups attached to an aromatic ring is 1. The number of aromatic nitrogens is 1. The Hall–Kier alpha value is -4.75. The summed E-state index contributed by atoms with van der Waals surface area (Å²) < 4.78 is 10.8. The third kappa shape index (κ3) is 6.90. The number of hydrogen-bond donors (Lipinski definition) is 2. The molecule has 2 heterocycles. The molecule has 226 valence electrons. The Bertz CT molecular complexity index is 1610. The Kier molecular flexibility index (Phi) is 9.13. The van der Waals surface area contributed by atoms with Crippen molar-refractivity contribution >= 4 is 28.1 Å². The van der Waals surface area contributed by atoms with E-state index in [9.17, 15) is 0 Å². The maximum absolute atomic E-state index is 7.02. The molecule has 1 fully saturated rings. The summed E-state index contributed by atoms with van der Waals surface area (Å²) in [6.07, 6.45) is 2.62. The molecule has 6 rings (SSSR count). The van der Waals surface area contributed by atoms with E-state index in [0.29, 0.717) is 25.3 Å². The SMILES string of the molecule is COc1ccc(CN(Cc2ccc(OC)cc2)c2nc3ccccc3c(NCc3ccc(CN4CCCC4)cc3)c2N)cc1. The van der Waals surface area contributed by atoms with Crippen molar-refractivity contribution in [3.63, 3.8) is 0 Å². The fraction of sp³-hybridized carbons (Fsp3) is 0.270. The number of pyridine rings is 1. The molecule has 1 saturated heterocycles. The van der Waals surface area contributed by atoms with Crippen LogP contribution in [-0.4, -0.2) is 37.2 Å². The standard InChI is InChI=1S/C37H41N5O2/c1-43-31-17-13-29(14-18-31)25-42(26-30-15-19-32(44-2)20-16-30)37-35(38)36(33-7-3-4-8-34(33)40-37)39-23-27-9-11-28(12-10-27)24-41-21-5-6-22-41/h3-4,7-20H,5-6,21-26,38H2,1-2H3,(H,39,40). The van der Waals surface area contributed by atoms with E-state index in [1.807, 2.05) is 36.4 Å². The van der Waals surface area contributed by atoms with Crippen LogP contribution in [0.25, 0.3) is 10.9 Å². The van der Waals surface area contributed by atoms with E-state index in [4.69, 9.17) is 20.2 Å². The second-order valence-corrected chi connectivity index (χ2v) is 11.4. The van der Waals surface area contributed by atoms with Crippen LogP contribution in [0.15, 0.2) is 97.1 Å². The van der Waals surface area contributed by atoms with Crippen LogP contribution in [0.1, 0.15) is 35.1 Å². The number of para-hydroxylation sites is 1. The molecule has 7 nitrogen and oxygen atoms in total. The van der Waals surface area contributed by atoms with Gasteiger partial charge in [-0.05, 0) is 78.5 Å². The maximum Gasteiger partial charge on any atom is 0.155 e. The molecule has 4 aromatic carbocycles. The van der Waals surface area contributed by atoms with Crippen molar-refractivity contribution in [1.29, 1.82) is 0 Å². The van der Waals surface area contributed by atoms with Gasteiger partial charge in [0.1, 0.15) is 11.5 Å². The molecule has 1 aromatic heterocycles. The van der Waals surface area contributed by atoms with Gasteiger partial charge in [0.2, 0.25) is 0 Å². The fourth-order valence-corrected chi connectivity index (χ4v) is 5.91. The van der Waals surface area contributed by atoms with E-state index in [0.717, 1.165) is 51.6 Å². The molecular weight excluding hydrogens is 546 g/mol. The molecule has 0 spiro atoms. The average Bonchev–Trinajstić information content (AvgIpc) is 3.58. The number of fused-ring (bicyclic) bond motifs is 1. The Labute approximate surface area is 260 Å². The van der Waals surface area contributed by atoms with E-state index in [1.165, 1.54) is 37.1 Å². The van der Waals surface area contributed by atoms with Crippen LogP contribution in [-0.2, 0) is 26.2 Å². The van der Waals surface area contributed by atoms with Crippen LogP contribution in [0.3, 0.4) is 0 Å². The second-order valence-electron chi connectivity index (χ2n) is 11.4. The van der Waals surface area contributed by atoms with Crippen molar-refractivity contribution in [3.05, 3.63) is 119 Å². The molecule has 1 aliphatic rings. The zero-order valence-electron chi connectivity index (χ0n) is 25.6. The molecule has 7 heteroatoms. The molecule has 0 atom stereocenters. The van der Waals surface area contributed by atoms with Crippen LogP contribution in [0.2, 0.25) is 0 Å². The summed E-state index contributed by atoms with van der Waals surface area (Å²) in [5.74, 6) is 2.41. The summed E-state index contributed by atoms with van der Waals surface area (Å²) >= 11 is 0. The summed E-state index contributed by atoms with van der Waals surface area (Å²) in [7, 11) is 3.37. The molecule has 0 aliphatic carbocycles. The highest BCUT2D eigenvalue weighted by molar-refractivity contribution is 6.01. The van der Waals surface area contributed by atoms with Gasteiger partial charge in [0.15, 0.2) is 5.82 Å². The zero-order chi connectivity index (χ0) is 30.3. The highest BCUT2D eigenvalue weighted by Gasteiger charge is 2.19. The van der Waals surface area contributed by atoms with Crippen LogP contribution < -0.4 is 25.4 Å². The van der Waals surface area contributed by atoms with Crippen LogP contribution in [0.4, 0.5) is 17.2 Å². The Morgan fingerprint density at radius 2 is 1.27 bits per heavy atom. The predicted octanol–water partition coefficient (Wildman–Crippen LogP) is 7.25. The number of methoxy groups -OCH3 is 2. The molecule has 0 radical (unpaired) electrons. The molecule has 0 unspecified atom stereocenters. The number of anilines is 3. The van der Waals surface area contributed by atoms with Crippen molar-refractivity contribution in [2.75, 3.05) is 43.3 Å². The van der Waals surface area contributed by atoms with Crippen LogP contribution in [0.5, 0.6) is 11.5 Å². The number of ether oxygens (including phenoxy) is 2. The summed E-state index contributed by atoms with van der Waals surface area (Å²) in [5, 5.41) is 4.69. The van der Waals surface area contributed by atoms with Crippen molar-refractivity contribution in [2.45, 2.75) is 39.0 Å². The van der Waals surface area contributed by atoms with Crippen molar-refractivity contribution < 1.29 is 9.47 Å². The Morgan fingerprint density at radius 3 is 1.86 bits per heavy atom. The fourth-order valence-electron chi connectivity index (χ4n) is 5.91. The van der Waals surface area contributed by atoms with E-state index in [2.05, 4.69) is 75.8 Å². The lowest BCUT2D eigenvalue weighted by molar-refractivity contribution is 0.331. The Balaban J connectivity index is 1.30. The topological polar surface area (TPSA) is 75.9 Å². The van der Waals surface area contributed by atoms with E-state index < -0.39 is 0 Å². The van der Waals surface area contributed by atoms with Gasteiger partial charge in [-0.1, -0.05) is 66.7 Å². The highest BCUT2D eigenvalue weighted by atomic mass is 16.5. The van der Waals surface area contributed by atoms with Gasteiger partial charge in [-0.15, -0.1) is 0 Å². The number of rotatable bonds is 12. The van der Waals surface area contributed by atoms with Crippen molar-refractivity contribution in [3.8, 4) is 11.5 Å². The minimum Gasteiger partial charge on any atom is -0.497 e. The van der Waals surface area contributed by atoms with E-state index >= 15 is 0 Å². The first-order valence-electron chi connectivity index (χ1n) is 15.3. The molecule has 5 aromatic rings. The largest absolute Gasteiger partial charge is 0.497 e. The first-order chi connectivity index (χ1) is 21.6. The monoisotopic (exact) mass is 587 g/mol. The van der Waals surface area contributed by atoms with Gasteiger partial charge >= 0.3 is 0 Å². The minimum atomic E-state index is 0.628. The number of benzene rings is 4. The van der Waals surface area contributed by atoms with E-state index in [-0.39, 0.29) is 0 Å². The van der Waals surface area contributed by atoms with Gasteiger partial charge in [-0.25, -0.2) is 4.98 Å². The average molecular weight is 588 g/mol. The molecule has 1 aliphatic heterocycles. The third-order valence-electron chi connectivity index (χ3n) is 8.37. The van der Waals surface area contributed by atoms with Crippen molar-refractivity contribution in [2.24, 2.45) is 0 Å². The van der Waals surface area contributed by atoms with Crippen molar-refractivity contribution in [1.82, 2.24) is 9.88 Å². The van der Waals surface area contributed by atoms with Crippen LogP contribution in [0, 0.1) is 0 Å². The van der Waals surface area contributed by atoms with Gasteiger partial charge in [0.05, 0.1) is 31.1 Å². The summed E-state index contributed by atoms with van der Waals surface area (Å²) in [6.45, 7) is 5.35. The minimum absolute atomic E-state index is 0.628. The van der Waals surface area contributed by atoms with E-state index in [1.54, 1.807) is 14.2 Å². The predicted molar refractivity (Wildman–Crippen MR) is 180 cm³/mol. The molecule has 3 N–H and O–H groups in total. The number of nitrogens with zero attached hydrogens (tertiary/aromatic N) is 3. The van der Waals surface area contributed by atoms with Crippen LogP contribution >= 0.6 is 0 Å². The molecule has 0 saturated carbocycles. The summed E-state index contributed by atoms with van der Waals surface area (Å²) in [4.78, 5) is 9.89. The highest BCUT2D eigenvalue weighted by Crippen LogP contribution is 2.37. The Morgan fingerprint density at radius 1 is 0.727 bits per heavy atom. The first-order valence-corrected chi connectivity index (χ1v) is 15.3. The molecule has 0 bridgehead atoms.